The first-order chi connectivity index (χ1) is 15.9. The third-order valence-electron chi connectivity index (χ3n) is 4.57. The molecule has 3 aromatic rings. The van der Waals surface area contributed by atoms with Crippen molar-refractivity contribution in [2.45, 2.75) is 6.92 Å². The number of rotatable bonds is 6. The molecule has 0 N–H and O–H groups in total. The van der Waals surface area contributed by atoms with Crippen LogP contribution in [0.1, 0.15) is 28.4 Å². The molecule has 1 aliphatic heterocycles. The summed E-state index contributed by atoms with van der Waals surface area (Å²) in [5.74, 6) is -0.243. The topological polar surface area (TPSA) is 74.2 Å². The number of carbonyl (C=O) groups is 2. The smallest absolute Gasteiger partial charge is 0.363 e. The van der Waals surface area contributed by atoms with Crippen LogP contribution in [0, 0.1) is 0 Å². The minimum absolute atomic E-state index is 0.154. The van der Waals surface area contributed by atoms with Crippen molar-refractivity contribution in [1.82, 2.24) is 0 Å². The van der Waals surface area contributed by atoms with Crippen LogP contribution in [0.2, 0.25) is 5.02 Å². The molecular weight excluding hydrogens is 510 g/mol. The zero-order valence-electron chi connectivity index (χ0n) is 17.4. The van der Waals surface area contributed by atoms with Gasteiger partial charge in [-0.05, 0) is 79.2 Å². The summed E-state index contributed by atoms with van der Waals surface area (Å²) in [6, 6.07) is 18.6. The Morgan fingerprint density at radius 1 is 1.06 bits per heavy atom. The SMILES string of the molecule is CCOc1cc(/C=C2/N=C(c3ccc(Br)cc3)OC2=O)ccc1OC(=O)c1ccc(Cl)cc1. The average Bonchev–Trinajstić information content (AvgIpc) is 3.16. The Bertz CT molecular complexity index is 1270. The molecule has 0 radical (unpaired) electrons. The molecule has 0 aliphatic carbocycles. The van der Waals surface area contributed by atoms with E-state index in [0.29, 0.717) is 34.1 Å². The van der Waals surface area contributed by atoms with E-state index < -0.39 is 11.9 Å². The van der Waals surface area contributed by atoms with Gasteiger partial charge in [-0.2, -0.15) is 0 Å². The Balaban J connectivity index is 1.58. The molecule has 0 aromatic heterocycles. The molecule has 166 valence electrons. The number of esters is 2. The Hall–Kier alpha value is -3.42. The van der Waals surface area contributed by atoms with Gasteiger partial charge in [-0.3, -0.25) is 0 Å². The number of ether oxygens (including phenoxy) is 3. The number of benzene rings is 3. The van der Waals surface area contributed by atoms with E-state index in [-0.39, 0.29) is 17.3 Å². The lowest BCUT2D eigenvalue weighted by Crippen LogP contribution is -2.09. The van der Waals surface area contributed by atoms with Gasteiger partial charge in [-0.25, -0.2) is 14.6 Å². The van der Waals surface area contributed by atoms with Gasteiger partial charge in [0.15, 0.2) is 17.2 Å². The third kappa shape index (κ3) is 5.50. The normalized spacial score (nSPS) is 14.1. The average molecular weight is 527 g/mol. The summed E-state index contributed by atoms with van der Waals surface area (Å²) in [5, 5.41) is 0.523. The van der Waals surface area contributed by atoms with E-state index in [1.807, 2.05) is 19.1 Å². The van der Waals surface area contributed by atoms with Gasteiger partial charge >= 0.3 is 11.9 Å². The predicted octanol–water partition coefficient (Wildman–Crippen LogP) is 6.06. The number of nitrogens with zero attached hydrogens (tertiary/aromatic N) is 1. The van der Waals surface area contributed by atoms with Crippen LogP contribution in [0.4, 0.5) is 0 Å². The summed E-state index contributed by atoms with van der Waals surface area (Å²) in [6.45, 7) is 2.18. The molecular formula is C25H17BrClNO5. The highest BCUT2D eigenvalue weighted by molar-refractivity contribution is 9.10. The summed E-state index contributed by atoms with van der Waals surface area (Å²) in [4.78, 5) is 29.1. The molecule has 1 heterocycles. The minimum Gasteiger partial charge on any atom is -0.490 e. The van der Waals surface area contributed by atoms with Crippen molar-refractivity contribution in [3.05, 3.63) is 98.6 Å². The fourth-order valence-corrected chi connectivity index (χ4v) is 3.39. The van der Waals surface area contributed by atoms with E-state index in [4.69, 9.17) is 25.8 Å². The van der Waals surface area contributed by atoms with E-state index in [9.17, 15) is 9.59 Å². The molecule has 0 saturated heterocycles. The van der Waals surface area contributed by atoms with Crippen molar-refractivity contribution >= 4 is 51.4 Å². The zero-order chi connectivity index (χ0) is 23.4. The first-order valence-electron chi connectivity index (χ1n) is 9.96. The van der Waals surface area contributed by atoms with Crippen LogP contribution in [0.5, 0.6) is 11.5 Å². The van der Waals surface area contributed by atoms with Crippen LogP contribution >= 0.6 is 27.5 Å². The first kappa shape index (κ1) is 22.8. The van der Waals surface area contributed by atoms with E-state index in [2.05, 4.69) is 20.9 Å². The lowest BCUT2D eigenvalue weighted by Gasteiger charge is -2.11. The van der Waals surface area contributed by atoms with Gasteiger partial charge in [0.2, 0.25) is 5.90 Å². The van der Waals surface area contributed by atoms with Gasteiger partial charge in [0.05, 0.1) is 12.2 Å². The van der Waals surface area contributed by atoms with Gasteiger partial charge in [0.1, 0.15) is 0 Å². The summed E-state index contributed by atoms with van der Waals surface area (Å²) in [6.07, 6.45) is 1.58. The molecule has 0 atom stereocenters. The highest BCUT2D eigenvalue weighted by Crippen LogP contribution is 2.31. The number of halogens is 2. The number of cyclic esters (lactones) is 1. The lowest BCUT2D eigenvalue weighted by atomic mass is 10.1. The van der Waals surface area contributed by atoms with Crippen LogP contribution in [-0.2, 0) is 9.53 Å². The quantitative estimate of drug-likeness (QED) is 0.222. The fraction of sp³-hybridized carbons (Fsp3) is 0.0800. The van der Waals surface area contributed by atoms with Crippen molar-refractivity contribution in [3.63, 3.8) is 0 Å². The number of hydrogen-bond acceptors (Lipinski definition) is 6. The zero-order valence-corrected chi connectivity index (χ0v) is 19.7. The molecule has 3 aromatic carbocycles. The largest absolute Gasteiger partial charge is 0.490 e. The summed E-state index contributed by atoms with van der Waals surface area (Å²) < 4.78 is 17.4. The molecule has 6 nitrogen and oxygen atoms in total. The predicted molar refractivity (Wildman–Crippen MR) is 129 cm³/mol. The van der Waals surface area contributed by atoms with Crippen LogP contribution < -0.4 is 9.47 Å². The lowest BCUT2D eigenvalue weighted by molar-refractivity contribution is -0.129. The maximum Gasteiger partial charge on any atom is 0.363 e. The summed E-state index contributed by atoms with van der Waals surface area (Å²) in [5.41, 5.74) is 1.84. The highest BCUT2D eigenvalue weighted by Gasteiger charge is 2.24. The van der Waals surface area contributed by atoms with Crippen LogP contribution in [0.25, 0.3) is 6.08 Å². The van der Waals surface area contributed by atoms with Gasteiger partial charge < -0.3 is 14.2 Å². The molecule has 0 amide bonds. The van der Waals surface area contributed by atoms with E-state index in [1.54, 1.807) is 60.7 Å². The molecule has 1 aliphatic rings. The fourth-order valence-electron chi connectivity index (χ4n) is 2.99. The van der Waals surface area contributed by atoms with Crippen molar-refractivity contribution < 1.29 is 23.8 Å². The molecule has 0 unspecified atom stereocenters. The van der Waals surface area contributed by atoms with Crippen LogP contribution in [-0.4, -0.2) is 24.4 Å². The van der Waals surface area contributed by atoms with E-state index in [1.165, 1.54) is 0 Å². The van der Waals surface area contributed by atoms with Gasteiger partial charge in [-0.15, -0.1) is 0 Å². The van der Waals surface area contributed by atoms with E-state index >= 15 is 0 Å². The standard InChI is InChI=1S/C25H17BrClNO5/c1-2-31-22-14-15(3-12-21(22)32-24(29)17-6-10-19(27)11-7-17)13-20-25(30)33-23(28-20)16-4-8-18(26)9-5-16/h3-14H,2H2,1H3/b20-13+. The van der Waals surface area contributed by atoms with Gasteiger partial charge in [0, 0.05) is 15.1 Å². The monoisotopic (exact) mass is 525 g/mol. The molecule has 4 rings (SSSR count). The second-order valence-electron chi connectivity index (χ2n) is 6.88. The van der Waals surface area contributed by atoms with Crippen molar-refractivity contribution in [1.29, 1.82) is 0 Å². The summed E-state index contributed by atoms with van der Waals surface area (Å²) >= 11 is 9.24. The van der Waals surface area contributed by atoms with Crippen molar-refractivity contribution in [2.75, 3.05) is 6.61 Å². The third-order valence-corrected chi connectivity index (χ3v) is 5.35. The Labute approximate surface area is 203 Å². The van der Waals surface area contributed by atoms with E-state index in [0.717, 1.165) is 4.47 Å². The summed E-state index contributed by atoms with van der Waals surface area (Å²) in [7, 11) is 0. The first-order valence-corrected chi connectivity index (χ1v) is 11.1. The van der Waals surface area contributed by atoms with Crippen molar-refractivity contribution in [3.8, 4) is 11.5 Å². The number of carbonyl (C=O) groups excluding carboxylic acids is 2. The molecule has 8 heteroatoms. The maximum atomic E-state index is 12.5. The number of aliphatic imine (C=N–C) groups is 1. The molecule has 0 spiro atoms. The highest BCUT2D eigenvalue weighted by atomic mass is 79.9. The molecule has 0 fully saturated rings. The number of hydrogen-bond donors (Lipinski definition) is 0. The Kier molecular flexibility index (Phi) is 6.91. The maximum absolute atomic E-state index is 12.5. The minimum atomic E-state index is -0.552. The molecule has 0 bridgehead atoms. The Morgan fingerprint density at radius 3 is 2.48 bits per heavy atom. The van der Waals surface area contributed by atoms with Crippen LogP contribution in [0.15, 0.2) is 81.9 Å². The molecule has 33 heavy (non-hydrogen) atoms. The Morgan fingerprint density at radius 2 is 1.79 bits per heavy atom. The van der Waals surface area contributed by atoms with Crippen LogP contribution in [0.3, 0.4) is 0 Å². The molecule has 0 saturated carbocycles. The second-order valence-corrected chi connectivity index (χ2v) is 8.23. The van der Waals surface area contributed by atoms with Gasteiger partial charge in [0.25, 0.3) is 0 Å². The second kappa shape index (κ2) is 10.0. The van der Waals surface area contributed by atoms with Crippen molar-refractivity contribution in [2.24, 2.45) is 4.99 Å². The van der Waals surface area contributed by atoms with Gasteiger partial charge in [-0.1, -0.05) is 33.6 Å².